The highest BCUT2D eigenvalue weighted by atomic mass is 79.9. The Morgan fingerprint density at radius 1 is 0.889 bits per heavy atom. The van der Waals surface area contributed by atoms with Gasteiger partial charge in [-0.05, 0) is 17.7 Å². The van der Waals surface area contributed by atoms with Crippen molar-refractivity contribution in [2.75, 3.05) is 0 Å². The maximum Gasteiger partial charge on any atom is 0.344 e. The number of pyridine rings is 1. The maximum atomic E-state index is 12.4. The highest BCUT2D eigenvalue weighted by molar-refractivity contribution is 5.95. The zero-order valence-electron chi connectivity index (χ0n) is 14.3. The van der Waals surface area contributed by atoms with Gasteiger partial charge >= 0.3 is 5.63 Å². The van der Waals surface area contributed by atoms with Gasteiger partial charge in [0.1, 0.15) is 5.58 Å². The third-order valence-electron chi connectivity index (χ3n) is 4.26. The monoisotopic (exact) mass is 421 g/mol. The Hall–Kier alpha value is -3.05. The fourth-order valence-corrected chi connectivity index (χ4v) is 2.90. The number of fused-ring (bicyclic) bond motifs is 1. The number of benzene rings is 2. The lowest BCUT2D eigenvalue weighted by Gasteiger charge is -2.04. The van der Waals surface area contributed by atoms with Gasteiger partial charge in [0.25, 0.3) is 0 Å². The maximum absolute atomic E-state index is 12.4. The van der Waals surface area contributed by atoms with Crippen LogP contribution in [0.4, 0.5) is 0 Å². The molecule has 4 nitrogen and oxygen atoms in total. The Balaban J connectivity index is 0.00000210. The lowest BCUT2D eigenvalue weighted by Crippen LogP contribution is -3.00. The molecular formula is C22H16BrNO3. The van der Waals surface area contributed by atoms with Crippen molar-refractivity contribution in [3.63, 3.8) is 0 Å². The van der Waals surface area contributed by atoms with Crippen molar-refractivity contribution in [3.05, 3.63) is 101 Å². The highest BCUT2D eigenvalue weighted by Crippen LogP contribution is 2.21. The summed E-state index contributed by atoms with van der Waals surface area (Å²) in [5.74, 6) is 0.0123. The molecule has 0 atom stereocenters. The van der Waals surface area contributed by atoms with Crippen LogP contribution in [0.2, 0.25) is 0 Å². The van der Waals surface area contributed by atoms with Gasteiger partial charge in [-0.1, -0.05) is 48.5 Å². The molecule has 0 radical (unpaired) electrons. The van der Waals surface area contributed by atoms with E-state index in [1.807, 2.05) is 59.4 Å². The molecule has 0 aliphatic carbocycles. The minimum Gasteiger partial charge on any atom is -1.00 e. The first-order chi connectivity index (χ1) is 12.7. The van der Waals surface area contributed by atoms with Crippen molar-refractivity contribution in [3.8, 4) is 11.1 Å². The molecule has 0 N–H and O–H groups in total. The number of carbonyl (C=O) groups excluding carboxylic acids is 1. The van der Waals surface area contributed by atoms with Crippen LogP contribution in [0.15, 0.2) is 94.4 Å². The average molecular weight is 422 g/mol. The molecule has 2 aromatic carbocycles. The predicted molar refractivity (Wildman–Crippen MR) is 98.9 cm³/mol. The Bertz CT molecular complexity index is 1140. The first-order valence-corrected chi connectivity index (χ1v) is 8.31. The SMILES string of the molecule is O=C(C[n+]1ccccc1)c1ccc(-c2cc3ccccc3oc2=O)cc1.[Br-]. The van der Waals surface area contributed by atoms with Crippen LogP contribution in [-0.4, -0.2) is 5.78 Å². The van der Waals surface area contributed by atoms with Gasteiger partial charge in [0.05, 0.1) is 5.56 Å². The lowest BCUT2D eigenvalue weighted by molar-refractivity contribution is -0.683. The molecule has 4 aromatic rings. The number of ketones is 1. The van der Waals surface area contributed by atoms with Gasteiger partial charge in [-0.2, -0.15) is 4.57 Å². The average Bonchev–Trinajstić information content (AvgIpc) is 2.68. The largest absolute Gasteiger partial charge is 1.00 e. The molecule has 134 valence electrons. The molecule has 0 aliphatic rings. The molecule has 0 bridgehead atoms. The number of carbonyl (C=O) groups is 1. The van der Waals surface area contributed by atoms with E-state index in [0.717, 1.165) is 10.9 Å². The van der Waals surface area contributed by atoms with Crippen LogP contribution in [0.3, 0.4) is 0 Å². The summed E-state index contributed by atoms with van der Waals surface area (Å²) >= 11 is 0. The second-order valence-corrected chi connectivity index (χ2v) is 6.03. The molecular weight excluding hydrogens is 406 g/mol. The van der Waals surface area contributed by atoms with Crippen molar-refractivity contribution < 1.29 is 30.8 Å². The van der Waals surface area contributed by atoms with E-state index in [1.165, 1.54) is 0 Å². The van der Waals surface area contributed by atoms with Crippen LogP contribution in [0.25, 0.3) is 22.1 Å². The summed E-state index contributed by atoms with van der Waals surface area (Å²) in [4.78, 5) is 24.7. The second-order valence-electron chi connectivity index (χ2n) is 6.03. The third kappa shape index (κ3) is 4.04. The number of halogens is 1. The zero-order chi connectivity index (χ0) is 17.9. The molecule has 0 amide bonds. The van der Waals surface area contributed by atoms with Crippen molar-refractivity contribution >= 4 is 16.8 Å². The quantitative estimate of drug-likeness (QED) is 0.276. The van der Waals surface area contributed by atoms with Gasteiger partial charge in [0.2, 0.25) is 12.3 Å². The van der Waals surface area contributed by atoms with Gasteiger partial charge in [-0.25, -0.2) is 4.79 Å². The van der Waals surface area contributed by atoms with Gasteiger partial charge < -0.3 is 21.4 Å². The first-order valence-electron chi connectivity index (χ1n) is 8.31. The Labute approximate surface area is 166 Å². The Morgan fingerprint density at radius 2 is 1.59 bits per heavy atom. The summed E-state index contributed by atoms with van der Waals surface area (Å²) in [7, 11) is 0. The third-order valence-corrected chi connectivity index (χ3v) is 4.26. The highest BCUT2D eigenvalue weighted by Gasteiger charge is 2.13. The predicted octanol–water partition coefficient (Wildman–Crippen LogP) is 0.634. The molecule has 2 heterocycles. The van der Waals surface area contributed by atoms with E-state index in [-0.39, 0.29) is 34.9 Å². The summed E-state index contributed by atoms with van der Waals surface area (Å²) < 4.78 is 7.21. The molecule has 0 fully saturated rings. The number of aromatic nitrogens is 1. The van der Waals surface area contributed by atoms with Crippen LogP contribution >= 0.6 is 0 Å². The number of Topliss-reactive ketones (excluding diaryl/α,β-unsaturated/α-hetero) is 1. The zero-order valence-corrected chi connectivity index (χ0v) is 15.9. The van der Waals surface area contributed by atoms with E-state index in [4.69, 9.17) is 4.42 Å². The van der Waals surface area contributed by atoms with Crippen molar-refractivity contribution in [2.45, 2.75) is 6.54 Å². The van der Waals surface area contributed by atoms with Crippen molar-refractivity contribution in [1.82, 2.24) is 0 Å². The summed E-state index contributed by atoms with van der Waals surface area (Å²) in [5, 5.41) is 0.864. The van der Waals surface area contributed by atoms with Crippen molar-refractivity contribution in [2.24, 2.45) is 0 Å². The van der Waals surface area contributed by atoms with Crippen molar-refractivity contribution in [1.29, 1.82) is 0 Å². The molecule has 0 spiro atoms. The second kappa shape index (κ2) is 8.10. The molecule has 0 saturated heterocycles. The summed E-state index contributed by atoms with van der Waals surface area (Å²) in [5.41, 5.74) is 2.00. The van der Waals surface area contributed by atoms with Crippen LogP contribution in [0.5, 0.6) is 0 Å². The van der Waals surface area contributed by atoms with Gasteiger partial charge in [-0.3, -0.25) is 4.79 Å². The molecule has 27 heavy (non-hydrogen) atoms. The van der Waals surface area contributed by atoms with E-state index < -0.39 is 0 Å². The summed E-state index contributed by atoms with van der Waals surface area (Å²) in [6, 6.07) is 21.9. The Morgan fingerprint density at radius 3 is 2.33 bits per heavy atom. The fraction of sp³-hybridized carbons (Fsp3) is 0.0455. The van der Waals surface area contributed by atoms with E-state index in [2.05, 4.69) is 0 Å². The summed E-state index contributed by atoms with van der Waals surface area (Å²) in [6.07, 6.45) is 3.71. The fourth-order valence-electron chi connectivity index (χ4n) is 2.90. The Kier molecular flexibility index (Phi) is 5.62. The van der Waals surface area contributed by atoms with Crippen LogP contribution in [-0.2, 0) is 6.54 Å². The van der Waals surface area contributed by atoms with Crippen LogP contribution in [0, 0.1) is 0 Å². The molecule has 0 saturated carbocycles. The molecule has 5 heteroatoms. The number of nitrogens with zero attached hydrogens (tertiary/aromatic N) is 1. The number of hydrogen-bond donors (Lipinski definition) is 0. The molecule has 4 rings (SSSR count). The topological polar surface area (TPSA) is 51.2 Å². The van der Waals surface area contributed by atoms with Crippen LogP contribution < -0.4 is 27.2 Å². The van der Waals surface area contributed by atoms with E-state index in [0.29, 0.717) is 16.7 Å². The normalized spacial score (nSPS) is 10.4. The molecule has 0 aliphatic heterocycles. The first kappa shape index (κ1) is 18.7. The molecule has 0 unspecified atom stereocenters. The van der Waals surface area contributed by atoms with Crippen LogP contribution in [0.1, 0.15) is 10.4 Å². The van der Waals surface area contributed by atoms with E-state index in [9.17, 15) is 9.59 Å². The standard InChI is InChI=1S/C22H16NO3.BrH/c24-20(15-23-12-4-1-5-13-23)17-10-8-16(9-11-17)19-14-18-6-2-3-7-21(18)26-22(19)25;/h1-14H,15H2;1H/q+1;/p-1. The van der Waals surface area contributed by atoms with Gasteiger partial charge in [0.15, 0.2) is 12.4 Å². The van der Waals surface area contributed by atoms with Gasteiger partial charge in [-0.15, -0.1) is 0 Å². The smallest absolute Gasteiger partial charge is 0.344 e. The molecule has 2 aromatic heterocycles. The number of rotatable bonds is 4. The minimum absolute atomic E-state index is 0. The van der Waals surface area contributed by atoms with E-state index >= 15 is 0 Å². The minimum atomic E-state index is -0.386. The lowest BCUT2D eigenvalue weighted by atomic mass is 10.0. The summed E-state index contributed by atoms with van der Waals surface area (Å²) in [6.45, 7) is 0.276. The number of para-hydroxylation sites is 1. The van der Waals surface area contributed by atoms with E-state index in [1.54, 1.807) is 30.3 Å². The number of hydrogen-bond acceptors (Lipinski definition) is 3. The van der Waals surface area contributed by atoms with Gasteiger partial charge in [0, 0.05) is 23.1 Å².